The Morgan fingerprint density at radius 1 is 0.871 bits per heavy atom. The standard InChI is InChI=1S/C25H22FN3O2/c1-16-7-9-17(10-8-16)22-23(27-19-6-4-5-18(26)15-19)25(31)29(24(22)30)21-13-11-20(12-14-21)28(2)3/h4-15,27H,1-3H3. The molecule has 1 N–H and O–H groups in total. The van der Waals surface area contributed by atoms with Crippen molar-refractivity contribution in [3.8, 4) is 0 Å². The summed E-state index contributed by atoms with van der Waals surface area (Å²) in [6.07, 6.45) is 0. The van der Waals surface area contributed by atoms with Crippen LogP contribution in [0.4, 0.5) is 21.5 Å². The fourth-order valence-corrected chi connectivity index (χ4v) is 3.48. The first-order valence-electron chi connectivity index (χ1n) is 9.85. The number of carbonyl (C=O) groups excluding carboxylic acids is 2. The van der Waals surface area contributed by atoms with Gasteiger partial charge in [-0.05, 0) is 55.0 Å². The van der Waals surface area contributed by atoms with Gasteiger partial charge in [-0.2, -0.15) is 0 Å². The molecule has 5 nitrogen and oxygen atoms in total. The smallest absolute Gasteiger partial charge is 0.282 e. The molecule has 3 aromatic carbocycles. The summed E-state index contributed by atoms with van der Waals surface area (Å²) >= 11 is 0. The van der Waals surface area contributed by atoms with Crippen LogP contribution in [0.25, 0.3) is 5.57 Å². The van der Waals surface area contributed by atoms with Gasteiger partial charge in [0.2, 0.25) is 0 Å². The van der Waals surface area contributed by atoms with Crippen LogP contribution in [0.15, 0.2) is 78.5 Å². The zero-order valence-electron chi connectivity index (χ0n) is 17.5. The third-order valence-electron chi connectivity index (χ3n) is 5.14. The van der Waals surface area contributed by atoms with Gasteiger partial charge in [0.25, 0.3) is 11.8 Å². The number of nitrogens with one attached hydrogen (secondary N) is 1. The molecule has 0 atom stereocenters. The third kappa shape index (κ3) is 3.92. The number of hydrogen-bond acceptors (Lipinski definition) is 4. The maximum Gasteiger partial charge on any atom is 0.282 e. The second-order valence-electron chi connectivity index (χ2n) is 7.61. The highest BCUT2D eigenvalue weighted by atomic mass is 19.1. The predicted molar refractivity (Wildman–Crippen MR) is 121 cm³/mol. The average molecular weight is 415 g/mol. The molecule has 0 aliphatic carbocycles. The van der Waals surface area contributed by atoms with Crippen molar-refractivity contribution in [2.75, 3.05) is 29.2 Å². The van der Waals surface area contributed by atoms with Gasteiger partial charge in [-0.25, -0.2) is 9.29 Å². The zero-order chi connectivity index (χ0) is 22.1. The molecule has 0 fully saturated rings. The number of anilines is 3. The molecule has 2 amide bonds. The summed E-state index contributed by atoms with van der Waals surface area (Å²) in [5, 5.41) is 2.97. The molecule has 0 saturated heterocycles. The Morgan fingerprint density at radius 3 is 2.16 bits per heavy atom. The molecule has 0 spiro atoms. The van der Waals surface area contributed by atoms with Crippen molar-refractivity contribution in [1.82, 2.24) is 0 Å². The van der Waals surface area contributed by atoms with Gasteiger partial charge in [-0.15, -0.1) is 0 Å². The zero-order valence-corrected chi connectivity index (χ0v) is 17.5. The van der Waals surface area contributed by atoms with Crippen molar-refractivity contribution < 1.29 is 14.0 Å². The van der Waals surface area contributed by atoms with Crippen LogP contribution in [0.1, 0.15) is 11.1 Å². The Balaban J connectivity index is 1.78. The maximum absolute atomic E-state index is 13.7. The minimum atomic E-state index is -0.484. The van der Waals surface area contributed by atoms with E-state index in [-0.39, 0.29) is 11.3 Å². The molecule has 0 saturated carbocycles. The van der Waals surface area contributed by atoms with Crippen LogP contribution >= 0.6 is 0 Å². The molecule has 156 valence electrons. The minimum Gasteiger partial charge on any atom is -0.378 e. The van der Waals surface area contributed by atoms with E-state index in [0.717, 1.165) is 16.2 Å². The summed E-state index contributed by atoms with van der Waals surface area (Å²) in [5.41, 5.74) is 3.86. The van der Waals surface area contributed by atoms with Crippen LogP contribution in [0, 0.1) is 12.7 Å². The van der Waals surface area contributed by atoms with Gasteiger partial charge in [-0.1, -0.05) is 35.9 Å². The monoisotopic (exact) mass is 415 g/mol. The van der Waals surface area contributed by atoms with E-state index in [2.05, 4.69) is 5.32 Å². The van der Waals surface area contributed by atoms with E-state index in [4.69, 9.17) is 0 Å². The summed E-state index contributed by atoms with van der Waals surface area (Å²) in [5.74, 6) is -1.34. The van der Waals surface area contributed by atoms with Crippen LogP contribution in [0.2, 0.25) is 0 Å². The third-order valence-corrected chi connectivity index (χ3v) is 5.14. The van der Waals surface area contributed by atoms with E-state index in [0.29, 0.717) is 16.9 Å². The van der Waals surface area contributed by atoms with E-state index >= 15 is 0 Å². The average Bonchev–Trinajstić information content (AvgIpc) is 2.98. The second-order valence-corrected chi connectivity index (χ2v) is 7.61. The Hall–Kier alpha value is -3.93. The lowest BCUT2D eigenvalue weighted by Gasteiger charge is -2.18. The summed E-state index contributed by atoms with van der Waals surface area (Å²) < 4.78 is 13.7. The molecule has 0 radical (unpaired) electrons. The Morgan fingerprint density at radius 2 is 1.55 bits per heavy atom. The Kier molecular flexibility index (Phi) is 5.29. The fraction of sp³-hybridized carbons (Fsp3) is 0.120. The number of rotatable bonds is 5. The maximum atomic E-state index is 13.7. The van der Waals surface area contributed by atoms with Crippen molar-refractivity contribution in [2.45, 2.75) is 6.92 Å². The molecule has 1 aliphatic rings. The molecule has 0 bridgehead atoms. The first-order valence-corrected chi connectivity index (χ1v) is 9.85. The second kappa shape index (κ2) is 8.07. The van der Waals surface area contributed by atoms with Crippen LogP contribution in [0.5, 0.6) is 0 Å². The van der Waals surface area contributed by atoms with E-state index < -0.39 is 17.6 Å². The first-order chi connectivity index (χ1) is 14.8. The van der Waals surface area contributed by atoms with Crippen LogP contribution in [0.3, 0.4) is 0 Å². The normalized spacial score (nSPS) is 13.7. The van der Waals surface area contributed by atoms with Gasteiger partial charge in [0, 0.05) is 25.5 Å². The van der Waals surface area contributed by atoms with Crippen LogP contribution in [-0.2, 0) is 9.59 Å². The number of carbonyl (C=O) groups is 2. The molecule has 0 aromatic heterocycles. The highest BCUT2D eigenvalue weighted by Crippen LogP contribution is 2.34. The van der Waals surface area contributed by atoms with Crippen molar-refractivity contribution in [3.63, 3.8) is 0 Å². The molecule has 4 rings (SSSR count). The Labute approximate surface area is 180 Å². The summed E-state index contributed by atoms with van der Waals surface area (Å²) in [7, 11) is 3.83. The van der Waals surface area contributed by atoms with Crippen molar-refractivity contribution in [1.29, 1.82) is 0 Å². The topological polar surface area (TPSA) is 52.7 Å². The lowest BCUT2D eigenvalue weighted by Crippen LogP contribution is -2.32. The molecular formula is C25H22FN3O2. The van der Waals surface area contributed by atoms with E-state index in [9.17, 15) is 14.0 Å². The number of nitrogens with zero attached hydrogens (tertiary/aromatic N) is 2. The number of hydrogen-bond donors (Lipinski definition) is 1. The lowest BCUT2D eigenvalue weighted by atomic mass is 10.0. The highest BCUT2D eigenvalue weighted by molar-refractivity contribution is 6.46. The van der Waals surface area contributed by atoms with E-state index in [1.807, 2.05) is 62.3 Å². The Bertz CT molecular complexity index is 1180. The molecule has 1 heterocycles. The number of imide groups is 1. The molecule has 3 aromatic rings. The molecule has 0 unspecified atom stereocenters. The van der Waals surface area contributed by atoms with Crippen molar-refractivity contribution in [2.24, 2.45) is 0 Å². The molecule has 6 heteroatoms. The van der Waals surface area contributed by atoms with Gasteiger partial charge < -0.3 is 10.2 Å². The SMILES string of the molecule is Cc1ccc(C2=C(Nc3cccc(F)c3)C(=O)N(c3ccc(N(C)C)cc3)C2=O)cc1. The van der Waals surface area contributed by atoms with Gasteiger partial charge in [0.05, 0.1) is 11.3 Å². The van der Waals surface area contributed by atoms with Gasteiger partial charge in [0.1, 0.15) is 11.5 Å². The predicted octanol–water partition coefficient (Wildman–Crippen LogP) is 4.60. The number of benzene rings is 3. The summed E-state index contributed by atoms with van der Waals surface area (Å²) in [6.45, 7) is 1.95. The summed E-state index contributed by atoms with van der Waals surface area (Å²) in [6, 6.07) is 20.3. The van der Waals surface area contributed by atoms with E-state index in [1.54, 1.807) is 24.3 Å². The highest BCUT2D eigenvalue weighted by Gasteiger charge is 2.40. The van der Waals surface area contributed by atoms with Gasteiger partial charge >= 0.3 is 0 Å². The van der Waals surface area contributed by atoms with Crippen molar-refractivity contribution >= 4 is 34.4 Å². The number of halogens is 1. The molecular weight excluding hydrogens is 393 g/mol. The summed E-state index contributed by atoms with van der Waals surface area (Å²) in [4.78, 5) is 29.9. The molecule has 1 aliphatic heterocycles. The minimum absolute atomic E-state index is 0.121. The number of amides is 2. The number of aryl methyl sites for hydroxylation is 1. The van der Waals surface area contributed by atoms with Gasteiger partial charge in [-0.3, -0.25) is 9.59 Å². The van der Waals surface area contributed by atoms with Crippen LogP contribution in [-0.4, -0.2) is 25.9 Å². The van der Waals surface area contributed by atoms with Crippen LogP contribution < -0.4 is 15.1 Å². The molecule has 31 heavy (non-hydrogen) atoms. The first kappa shape index (κ1) is 20.3. The fourth-order valence-electron chi connectivity index (χ4n) is 3.48. The largest absolute Gasteiger partial charge is 0.378 e. The van der Waals surface area contributed by atoms with E-state index in [1.165, 1.54) is 12.1 Å². The van der Waals surface area contributed by atoms with Gasteiger partial charge in [0.15, 0.2) is 0 Å². The quantitative estimate of drug-likeness (QED) is 0.619. The van der Waals surface area contributed by atoms with Crippen molar-refractivity contribution in [3.05, 3.63) is 95.4 Å². The lowest BCUT2D eigenvalue weighted by molar-refractivity contribution is -0.120.